The first-order valence-electron chi connectivity index (χ1n) is 10.8. The van der Waals surface area contributed by atoms with Crippen LogP contribution in [0.3, 0.4) is 0 Å². The molecule has 0 radical (unpaired) electrons. The van der Waals surface area contributed by atoms with Crippen LogP contribution in [0.25, 0.3) is 0 Å². The molecular weight excluding hydrogens is 337 g/mol. The topological polar surface area (TPSA) is 0 Å². The molecule has 0 aliphatic heterocycles. The summed E-state index contributed by atoms with van der Waals surface area (Å²) >= 11 is 0. The van der Waals surface area contributed by atoms with Crippen LogP contribution in [-0.2, 0) is 12.8 Å². The van der Waals surface area contributed by atoms with Crippen LogP contribution >= 0.6 is 0 Å². The first-order valence-corrected chi connectivity index (χ1v) is 10.8. The maximum Gasteiger partial charge on any atom is 2.00 e. The van der Waals surface area contributed by atoms with Gasteiger partial charge in [0.1, 0.15) is 0 Å². The molecule has 0 fully saturated rings. The molecule has 0 saturated carbocycles. The Labute approximate surface area is 186 Å². The normalized spacial score (nSPS) is 13.1. The van der Waals surface area contributed by atoms with Crippen LogP contribution in [0.5, 0.6) is 0 Å². The Hall–Kier alpha value is -0.534. The molecule has 0 aromatic heterocycles. The summed E-state index contributed by atoms with van der Waals surface area (Å²) in [4.78, 5) is 0. The number of rotatable bonds is 8. The Morgan fingerprint density at radius 2 is 1.00 bits per heavy atom. The van der Waals surface area contributed by atoms with Crippen molar-refractivity contribution in [3.63, 3.8) is 0 Å². The van der Waals surface area contributed by atoms with E-state index in [1.54, 1.807) is 0 Å². The van der Waals surface area contributed by atoms with E-state index in [0.717, 1.165) is 23.7 Å². The van der Waals surface area contributed by atoms with Crippen LogP contribution in [0.2, 0.25) is 0 Å². The smallest absolute Gasteiger partial charge is 0.210 e. The predicted octanol–water partition coefficient (Wildman–Crippen LogP) is 7.85. The largest absolute Gasteiger partial charge is 2.00 e. The van der Waals surface area contributed by atoms with Gasteiger partial charge >= 0.3 is 23.1 Å². The summed E-state index contributed by atoms with van der Waals surface area (Å²) in [6, 6.07) is 13.9. The average molecular weight is 379 g/mol. The van der Waals surface area contributed by atoms with E-state index >= 15 is 0 Å². The zero-order valence-electron chi connectivity index (χ0n) is 19.3. The van der Waals surface area contributed by atoms with Gasteiger partial charge in [0, 0.05) is 0 Å². The Morgan fingerprint density at radius 1 is 0.667 bits per heavy atom. The molecule has 2 aromatic carbocycles. The molecule has 0 aliphatic rings. The minimum atomic E-state index is 0. The van der Waals surface area contributed by atoms with Crippen LogP contribution in [0.1, 0.15) is 102 Å². The third kappa shape index (κ3) is 9.99. The first kappa shape index (κ1) is 26.5. The minimum absolute atomic E-state index is 0. The monoisotopic (exact) mass is 378 g/mol. The van der Waals surface area contributed by atoms with Crippen LogP contribution in [-0.4, -0.2) is 23.1 Å². The molecule has 0 bridgehead atoms. The van der Waals surface area contributed by atoms with E-state index in [-0.39, 0.29) is 23.1 Å². The molecule has 0 saturated heterocycles. The van der Waals surface area contributed by atoms with Gasteiger partial charge in [0.2, 0.25) is 0 Å². The van der Waals surface area contributed by atoms with Gasteiger partial charge in [-0.3, -0.25) is 0 Å². The van der Waals surface area contributed by atoms with Gasteiger partial charge in [-0.25, -0.2) is 12.1 Å². The van der Waals surface area contributed by atoms with E-state index in [2.05, 4.69) is 91.8 Å². The molecule has 0 heterocycles. The second-order valence-electron chi connectivity index (χ2n) is 8.92. The summed E-state index contributed by atoms with van der Waals surface area (Å²) in [6.07, 6.45) is 4.92. The first-order chi connectivity index (χ1) is 12.3. The fourth-order valence-electron chi connectivity index (χ4n) is 3.31. The molecule has 27 heavy (non-hydrogen) atoms. The maximum atomic E-state index is 2.37. The van der Waals surface area contributed by atoms with E-state index in [4.69, 9.17) is 0 Å². The molecule has 0 aliphatic carbocycles. The van der Waals surface area contributed by atoms with Crippen molar-refractivity contribution in [2.45, 2.75) is 92.9 Å². The van der Waals surface area contributed by atoms with Crippen LogP contribution < -0.4 is 0 Å². The SMILES string of the molecule is CCC(C)c1cc[c-](CC(C)C)c1.CCC(C)c1cc[c-](CC(C)C)c1.[Mg+2]. The van der Waals surface area contributed by atoms with Gasteiger partial charge in [0.05, 0.1) is 0 Å². The third-order valence-corrected chi connectivity index (χ3v) is 5.33. The van der Waals surface area contributed by atoms with Crippen molar-refractivity contribution in [3.8, 4) is 0 Å². The van der Waals surface area contributed by atoms with Gasteiger partial charge < -0.3 is 0 Å². The van der Waals surface area contributed by atoms with Crippen LogP contribution in [0, 0.1) is 11.8 Å². The fraction of sp³-hybridized carbons (Fsp3) is 0.615. The predicted molar refractivity (Wildman–Crippen MR) is 124 cm³/mol. The quantitative estimate of drug-likeness (QED) is 0.324. The van der Waals surface area contributed by atoms with Gasteiger partial charge in [0.15, 0.2) is 0 Å². The molecule has 0 nitrogen and oxygen atoms in total. The number of hydrogen-bond donors (Lipinski definition) is 0. The van der Waals surface area contributed by atoms with Crippen molar-refractivity contribution in [2.24, 2.45) is 11.8 Å². The number of hydrogen-bond acceptors (Lipinski definition) is 0. The van der Waals surface area contributed by atoms with Crippen molar-refractivity contribution < 1.29 is 0 Å². The Morgan fingerprint density at radius 3 is 1.26 bits per heavy atom. The molecule has 0 amide bonds. The van der Waals surface area contributed by atoms with Crippen molar-refractivity contribution in [1.29, 1.82) is 0 Å². The summed E-state index contributed by atoms with van der Waals surface area (Å²) in [6.45, 7) is 18.2. The van der Waals surface area contributed by atoms with E-state index < -0.39 is 0 Å². The van der Waals surface area contributed by atoms with Crippen molar-refractivity contribution in [1.82, 2.24) is 0 Å². The Kier molecular flexibility index (Phi) is 13.3. The molecular formula is C26H42Mg. The molecule has 2 aromatic rings. The van der Waals surface area contributed by atoms with Crippen LogP contribution in [0.4, 0.5) is 0 Å². The molecule has 0 spiro atoms. The fourth-order valence-corrected chi connectivity index (χ4v) is 3.31. The second-order valence-corrected chi connectivity index (χ2v) is 8.92. The van der Waals surface area contributed by atoms with Gasteiger partial charge in [-0.2, -0.15) is 46.5 Å². The molecule has 2 rings (SSSR count). The molecule has 2 unspecified atom stereocenters. The standard InChI is InChI=1S/2C13H21.Mg/c2*1-5-11(4)13-7-6-12(9-13)8-10(2)3;/h2*6-7,9-11H,5,8H2,1-4H3;/q2*-1;+2. The Balaban J connectivity index is 0.000000483. The summed E-state index contributed by atoms with van der Waals surface area (Å²) in [7, 11) is 0. The van der Waals surface area contributed by atoms with E-state index in [1.807, 2.05) is 0 Å². The molecule has 1 heteroatoms. The summed E-state index contributed by atoms with van der Waals surface area (Å²) in [5, 5.41) is 0. The molecule has 2 atom stereocenters. The van der Waals surface area contributed by atoms with Crippen molar-refractivity contribution in [2.75, 3.05) is 0 Å². The van der Waals surface area contributed by atoms with Crippen molar-refractivity contribution >= 4 is 23.1 Å². The van der Waals surface area contributed by atoms with Gasteiger partial charge in [0.25, 0.3) is 0 Å². The van der Waals surface area contributed by atoms with Gasteiger partial charge in [-0.05, 0) is 0 Å². The van der Waals surface area contributed by atoms with Crippen LogP contribution in [0.15, 0.2) is 36.4 Å². The zero-order chi connectivity index (χ0) is 19.7. The van der Waals surface area contributed by atoms with Crippen molar-refractivity contribution in [3.05, 3.63) is 58.7 Å². The Bertz CT molecular complexity index is 545. The summed E-state index contributed by atoms with van der Waals surface area (Å²) in [5.74, 6) is 2.99. The summed E-state index contributed by atoms with van der Waals surface area (Å²) in [5.41, 5.74) is 6.03. The summed E-state index contributed by atoms with van der Waals surface area (Å²) < 4.78 is 0. The maximum absolute atomic E-state index is 2.37. The second kappa shape index (κ2) is 13.6. The molecule has 148 valence electrons. The van der Waals surface area contributed by atoms with E-state index in [0.29, 0.717) is 0 Å². The van der Waals surface area contributed by atoms with E-state index in [9.17, 15) is 0 Å². The van der Waals surface area contributed by atoms with E-state index in [1.165, 1.54) is 47.9 Å². The zero-order valence-corrected chi connectivity index (χ0v) is 20.7. The minimum Gasteiger partial charge on any atom is -0.210 e. The van der Waals surface area contributed by atoms with Gasteiger partial charge in [-0.1, -0.05) is 105 Å². The average Bonchev–Trinajstić information content (AvgIpc) is 3.22. The molecule has 0 N–H and O–H groups in total. The third-order valence-electron chi connectivity index (χ3n) is 5.33. The van der Waals surface area contributed by atoms with Gasteiger partial charge in [-0.15, -0.1) is 0 Å².